The fraction of sp³-hybridized carbons (Fsp3) is 0.0769. The van der Waals surface area contributed by atoms with Gasteiger partial charge in [0, 0.05) is 15.2 Å². The SMILES string of the molecule is Nc1ccc(Cl)cc1Nc1ccc(Br)c(C(F)(F)F)c1. The van der Waals surface area contributed by atoms with E-state index in [0.29, 0.717) is 16.4 Å². The average molecular weight is 366 g/mol. The van der Waals surface area contributed by atoms with Crippen LogP contribution in [0.1, 0.15) is 5.56 Å². The summed E-state index contributed by atoms with van der Waals surface area (Å²) in [6.45, 7) is 0. The highest BCUT2D eigenvalue weighted by Gasteiger charge is 2.33. The van der Waals surface area contributed by atoms with E-state index in [1.165, 1.54) is 12.1 Å². The first kappa shape index (κ1) is 15.0. The number of nitrogens with one attached hydrogen (secondary N) is 1. The second-order valence-corrected chi connectivity index (χ2v) is 5.34. The number of nitrogens with two attached hydrogens (primary N) is 1. The zero-order chi connectivity index (χ0) is 14.9. The second kappa shape index (κ2) is 5.54. The molecule has 0 fully saturated rings. The summed E-state index contributed by atoms with van der Waals surface area (Å²) in [5, 5.41) is 3.26. The van der Waals surface area contributed by atoms with Crippen LogP contribution in [0.3, 0.4) is 0 Å². The summed E-state index contributed by atoms with van der Waals surface area (Å²) < 4.78 is 38.4. The topological polar surface area (TPSA) is 38.0 Å². The van der Waals surface area contributed by atoms with Crippen LogP contribution in [0.4, 0.5) is 30.2 Å². The Balaban J connectivity index is 2.37. The van der Waals surface area contributed by atoms with Gasteiger partial charge >= 0.3 is 6.18 Å². The van der Waals surface area contributed by atoms with E-state index in [9.17, 15) is 13.2 Å². The van der Waals surface area contributed by atoms with Crippen LogP contribution in [-0.2, 0) is 6.18 Å². The Labute approximate surface area is 126 Å². The van der Waals surface area contributed by atoms with E-state index in [1.54, 1.807) is 18.2 Å². The molecule has 106 valence electrons. The number of hydrogen-bond donors (Lipinski definition) is 2. The molecule has 20 heavy (non-hydrogen) atoms. The molecule has 0 amide bonds. The number of benzene rings is 2. The van der Waals surface area contributed by atoms with Crippen molar-refractivity contribution in [3.05, 3.63) is 51.5 Å². The van der Waals surface area contributed by atoms with Crippen LogP contribution in [0, 0.1) is 0 Å². The summed E-state index contributed by atoms with van der Waals surface area (Å²) in [5.74, 6) is 0. The van der Waals surface area contributed by atoms with Crippen LogP contribution in [0.15, 0.2) is 40.9 Å². The zero-order valence-corrected chi connectivity index (χ0v) is 12.3. The Hall–Kier alpha value is -1.40. The Bertz CT molecular complexity index is 644. The van der Waals surface area contributed by atoms with Crippen molar-refractivity contribution in [2.75, 3.05) is 11.1 Å². The molecule has 0 spiro atoms. The molecule has 2 aromatic rings. The van der Waals surface area contributed by atoms with Crippen molar-refractivity contribution in [2.24, 2.45) is 0 Å². The maximum absolute atomic E-state index is 12.8. The maximum atomic E-state index is 12.8. The molecule has 7 heteroatoms. The molecule has 0 heterocycles. The summed E-state index contributed by atoms with van der Waals surface area (Å²) in [6.07, 6.45) is -4.43. The fourth-order valence-electron chi connectivity index (χ4n) is 1.61. The summed E-state index contributed by atoms with van der Waals surface area (Å²) in [7, 11) is 0. The first-order valence-electron chi connectivity index (χ1n) is 5.46. The largest absolute Gasteiger partial charge is 0.417 e. The van der Waals surface area contributed by atoms with Gasteiger partial charge in [0.25, 0.3) is 0 Å². The van der Waals surface area contributed by atoms with Crippen molar-refractivity contribution in [2.45, 2.75) is 6.18 Å². The molecule has 2 rings (SSSR count). The second-order valence-electron chi connectivity index (χ2n) is 4.05. The Morgan fingerprint density at radius 2 is 1.80 bits per heavy atom. The molecule has 0 aliphatic rings. The number of halogens is 5. The quantitative estimate of drug-likeness (QED) is 0.695. The van der Waals surface area contributed by atoms with Crippen molar-refractivity contribution in [3.8, 4) is 0 Å². The van der Waals surface area contributed by atoms with Crippen LogP contribution in [-0.4, -0.2) is 0 Å². The molecule has 0 aliphatic carbocycles. The minimum atomic E-state index is -4.43. The predicted molar refractivity (Wildman–Crippen MR) is 78.3 cm³/mol. The molecular weight excluding hydrogens is 357 g/mol. The van der Waals surface area contributed by atoms with Gasteiger partial charge in [-0.15, -0.1) is 0 Å². The van der Waals surface area contributed by atoms with E-state index < -0.39 is 11.7 Å². The third kappa shape index (κ3) is 3.37. The highest BCUT2D eigenvalue weighted by atomic mass is 79.9. The van der Waals surface area contributed by atoms with E-state index in [2.05, 4.69) is 21.2 Å². The number of nitrogen functional groups attached to an aromatic ring is 1. The summed E-state index contributed by atoms with van der Waals surface area (Å²) >= 11 is 8.71. The molecule has 3 N–H and O–H groups in total. The summed E-state index contributed by atoms with van der Waals surface area (Å²) in [5.41, 5.74) is 6.10. The first-order valence-corrected chi connectivity index (χ1v) is 6.63. The normalized spacial score (nSPS) is 11.4. The standard InChI is InChI=1S/C13H9BrClF3N2/c14-10-3-2-8(6-9(10)13(16,17)18)20-12-5-7(15)1-4-11(12)19/h1-6,20H,19H2. The lowest BCUT2D eigenvalue weighted by Crippen LogP contribution is -2.07. The minimum absolute atomic E-state index is 0.0189. The number of alkyl halides is 3. The van der Waals surface area contributed by atoms with Crippen LogP contribution in [0.5, 0.6) is 0 Å². The van der Waals surface area contributed by atoms with Gasteiger partial charge in [-0.05, 0) is 36.4 Å². The van der Waals surface area contributed by atoms with Gasteiger partial charge in [0.1, 0.15) is 0 Å². The smallest absolute Gasteiger partial charge is 0.397 e. The van der Waals surface area contributed by atoms with Crippen molar-refractivity contribution < 1.29 is 13.2 Å². The fourth-order valence-corrected chi connectivity index (χ4v) is 2.26. The lowest BCUT2D eigenvalue weighted by atomic mass is 10.2. The van der Waals surface area contributed by atoms with Crippen molar-refractivity contribution in [1.29, 1.82) is 0 Å². The molecule has 2 aromatic carbocycles. The van der Waals surface area contributed by atoms with E-state index in [0.717, 1.165) is 6.07 Å². The van der Waals surface area contributed by atoms with Crippen molar-refractivity contribution in [1.82, 2.24) is 0 Å². The van der Waals surface area contributed by atoms with Gasteiger partial charge in [-0.2, -0.15) is 13.2 Å². The van der Waals surface area contributed by atoms with Gasteiger partial charge in [-0.3, -0.25) is 0 Å². The van der Waals surface area contributed by atoms with E-state index in [1.807, 2.05) is 0 Å². The van der Waals surface area contributed by atoms with Crippen molar-refractivity contribution >= 4 is 44.6 Å². The molecule has 0 atom stereocenters. The monoisotopic (exact) mass is 364 g/mol. The first-order chi connectivity index (χ1) is 9.27. The molecule has 0 saturated carbocycles. The highest BCUT2D eigenvalue weighted by Crippen LogP contribution is 2.37. The van der Waals surface area contributed by atoms with Crippen LogP contribution < -0.4 is 11.1 Å². The summed E-state index contributed by atoms with van der Waals surface area (Å²) in [6, 6.07) is 8.57. The average Bonchev–Trinajstić information content (AvgIpc) is 2.35. The van der Waals surface area contributed by atoms with E-state index >= 15 is 0 Å². The summed E-state index contributed by atoms with van der Waals surface area (Å²) in [4.78, 5) is 0. The molecule has 0 unspecified atom stereocenters. The lowest BCUT2D eigenvalue weighted by Gasteiger charge is -2.14. The number of anilines is 3. The van der Waals surface area contributed by atoms with E-state index in [-0.39, 0.29) is 10.2 Å². The molecule has 0 aromatic heterocycles. The highest BCUT2D eigenvalue weighted by molar-refractivity contribution is 9.10. The Morgan fingerprint density at radius 1 is 1.10 bits per heavy atom. The van der Waals surface area contributed by atoms with Gasteiger partial charge < -0.3 is 11.1 Å². The van der Waals surface area contributed by atoms with Gasteiger partial charge in [0.05, 0.1) is 16.9 Å². The zero-order valence-electron chi connectivity index (χ0n) is 9.93. The van der Waals surface area contributed by atoms with Crippen LogP contribution in [0.2, 0.25) is 5.02 Å². The molecule has 0 saturated heterocycles. The maximum Gasteiger partial charge on any atom is 0.417 e. The third-order valence-electron chi connectivity index (χ3n) is 2.57. The molecule has 0 aliphatic heterocycles. The number of rotatable bonds is 2. The van der Waals surface area contributed by atoms with Gasteiger partial charge in [-0.1, -0.05) is 27.5 Å². The van der Waals surface area contributed by atoms with Crippen LogP contribution >= 0.6 is 27.5 Å². The molecule has 2 nitrogen and oxygen atoms in total. The Morgan fingerprint density at radius 3 is 2.45 bits per heavy atom. The minimum Gasteiger partial charge on any atom is -0.397 e. The van der Waals surface area contributed by atoms with Crippen LogP contribution in [0.25, 0.3) is 0 Å². The van der Waals surface area contributed by atoms with Gasteiger partial charge in [0.15, 0.2) is 0 Å². The van der Waals surface area contributed by atoms with Crippen molar-refractivity contribution in [3.63, 3.8) is 0 Å². The lowest BCUT2D eigenvalue weighted by molar-refractivity contribution is -0.138. The molecule has 0 radical (unpaired) electrons. The Kier molecular flexibility index (Phi) is 4.15. The number of hydrogen-bond acceptors (Lipinski definition) is 2. The molecule has 0 bridgehead atoms. The third-order valence-corrected chi connectivity index (χ3v) is 3.49. The molecular formula is C13H9BrClF3N2. The van der Waals surface area contributed by atoms with Gasteiger partial charge in [0.2, 0.25) is 0 Å². The predicted octanol–water partition coefficient (Wildman–Crippen LogP) is 5.45. The van der Waals surface area contributed by atoms with E-state index in [4.69, 9.17) is 17.3 Å². The van der Waals surface area contributed by atoms with Gasteiger partial charge in [-0.25, -0.2) is 0 Å².